The van der Waals surface area contributed by atoms with Crippen LogP contribution in [0.5, 0.6) is 0 Å². The number of allylic oxidation sites excluding steroid dienone is 1. The molecule has 1 nitrogen and oxygen atoms in total. The number of hydrogen-bond acceptors (Lipinski definition) is 0. The van der Waals surface area contributed by atoms with Crippen LogP contribution in [-0.2, 0) is 0 Å². The van der Waals surface area contributed by atoms with Crippen LogP contribution in [0.1, 0.15) is 26.3 Å². The van der Waals surface area contributed by atoms with E-state index >= 15 is 0 Å². The fourth-order valence-corrected chi connectivity index (χ4v) is 1.15. The van der Waals surface area contributed by atoms with Crippen LogP contribution in [-0.4, -0.2) is 12.3 Å². The van der Waals surface area contributed by atoms with Crippen molar-refractivity contribution in [3.63, 3.8) is 0 Å². The zero-order chi connectivity index (χ0) is 10.4. The van der Waals surface area contributed by atoms with E-state index in [0.717, 1.165) is 0 Å². The first-order valence-corrected chi connectivity index (χ1v) is 5.01. The summed E-state index contributed by atoms with van der Waals surface area (Å²) in [5.74, 6) is 0. The van der Waals surface area contributed by atoms with Gasteiger partial charge in [-0.1, -0.05) is 30.3 Å². The smallest absolute Gasteiger partial charge is 0.164 e. The first-order chi connectivity index (χ1) is 6.68. The van der Waals surface area contributed by atoms with Gasteiger partial charge in [-0.25, -0.2) is 4.99 Å². The molecule has 0 bridgehead atoms. The molecule has 0 aliphatic rings. The summed E-state index contributed by atoms with van der Waals surface area (Å²) in [6, 6.07) is 10.8. The van der Waals surface area contributed by atoms with Crippen molar-refractivity contribution < 1.29 is 17.4 Å². The van der Waals surface area contributed by atoms with Crippen LogP contribution in [0.4, 0.5) is 0 Å². The molecule has 2 heteroatoms. The molecule has 0 aromatic heterocycles. The quantitative estimate of drug-likeness (QED) is 0.610. The second-order valence-electron chi connectivity index (χ2n) is 3.76. The maximum Gasteiger partial charge on any atom is 0.164 e. The van der Waals surface area contributed by atoms with Crippen LogP contribution in [0.2, 0.25) is 0 Å². The van der Waals surface area contributed by atoms with E-state index in [1.165, 1.54) is 11.1 Å². The van der Waals surface area contributed by atoms with Gasteiger partial charge in [0.2, 0.25) is 0 Å². The predicted octanol–water partition coefficient (Wildman–Crippen LogP) is -1.35. The Balaban J connectivity index is 0.00000196. The molecule has 1 aromatic carbocycles. The van der Waals surface area contributed by atoms with Gasteiger partial charge in [0, 0.05) is 5.57 Å². The Kier molecular flexibility index (Phi) is 6.72. The Morgan fingerprint density at radius 1 is 1.20 bits per heavy atom. The topological polar surface area (TPSA) is 14.0 Å². The molecule has 0 unspecified atom stereocenters. The predicted molar refractivity (Wildman–Crippen MR) is 62.3 cm³/mol. The highest BCUT2D eigenvalue weighted by atomic mass is 35.5. The number of nitrogens with one attached hydrogen (secondary N) is 1. The molecule has 0 atom stereocenters. The molecule has 0 spiro atoms. The molecule has 0 saturated heterocycles. The third-order valence-corrected chi connectivity index (χ3v) is 1.84. The van der Waals surface area contributed by atoms with Crippen LogP contribution >= 0.6 is 0 Å². The van der Waals surface area contributed by atoms with E-state index in [1.54, 1.807) is 0 Å². The largest absolute Gasteiger partial charge is 1.00 e. The van der Waals surface area contributed by atoms with Gasteiger partial charge in [-0.2, -0.15) is 0 Å². The molecule has 0 saturated carbocycles. The lowest BCUT2D eigenvalue weighted by molar-refractivity contribution is -0.487. The normalized spacial score (nSPS) is 11.9. The van der Waals surface area contributed by atoms with Crippen LogP contribution < -0.4 is 17.4 Å². The lowest BCUT2D eigenvalue weighted by Gasteiger charge is -1.92. The summed E-state index contributed by atoms with van der Waals surface area (Å²) in [7, 11) is 0. The summed E-state index contributed by atoms with van der Waals surface area (Å²) in [5, 5.41) is 0. The molecule has 1 N–H and O–H groups in total. The SMILES string of the molecule is C/C(C=[NH+]C(C)C)=C\c1ccccc1.[Cl-]. The lowest BCUT2D eigenvalue weighted by Crippen LogP contribution is -3.00. The Labute approximate surface area is 98.3 Å². The van der Waals surface area contributed by atoms with E-state index in [-0.39, 0.29) is 12.4 Å². The molecule has 0 aliphatic carbocycles. The zero-order valence-corrected chi connectivity index (χ0v) is 10.3. The van der Waals surface area contributed by atoms with Gasteiger partial charge in [-0.3, -0.25) is 0 Å². The molecule has 0 amide bonds. The van der Waals surface area contributed by atoms with Crippen molar-refractivity contribution in [3.8, 4) is 0 Å². The third kappa shape index (κ3) is 6.08. The van der Waals surface area contributed by atoms with Crippen LogP contribution in [0.15, 0.2) is 35.9 Å². The van der Waals surface area contributed by atoms with E-state index < -0.39 is 0 Å². The summed E-state index contributed by atoms with van der Waals surface area (Å²) in [4.78, 5) is 3.27. The average molecular weight is 224 g/mol. The van der Waals surface area contributed by atoms with Gasteiger partial charge in [0.1, 0.15) is 6.04 Å². The molecule has 0 heterocycles. The zero-order valence-electron chi connectivity index (χ0n) is 9.50. The van der Waals surface area contributed by atoms with Gasteiger partial charge in [-0.15, -0.1) is 0 Å². The average Bonchev–Trinajstić information content (AvgIpc) is 2.16. The van der Waals surface area contributed by atoms with Crippen LogP contribution in [0.25, 0.3) is 6.08 Å². The lowest BCUT2D eigenvalue weighted by atomic mass is 10.1. The molecule has 0 aliphatic heterocycles. The molecule has 82 valence electrons. The first kappa shape index (κ1) is 13.9. The minimum atomic E-state index is 0. The Bertz CT molecular complexity index is 326. The maximum absolute atomic E-state index is 3.27. The fourth-order valence-electron chi connectivity index (χ4n) is 1.15. The second kappa shape index (κ2) is 7.24. The summed E-state index contributed by atoms with van der Waals surface area (Å²) < 4.78 is 0. The van der Waals surface area contributed by atoms with Crippen molar-refractivity contribution in [2.75, 3.05) is 0 Å². The van der Waals surface area contributed by atoms with E-state index in [1.807, 2.05) is 6.07 Å². The van der Waals surface area contributed by atoms with Gasteiger partial charge < -0.3 is 12.4 Å². The van der Waals surface area contributed by atoms with E-state index in [4.69, 9.17) is 0 Å². The minimum Gasteiger partial charge on any atom is -1.00 e. The van der Waals surface area contributed by atoms with Gasteiger partial charge in [0.15, 0.2) is 6.21 Å². The van der Waals surface area contributed by atoms with Gasteiger partial charge in [-0.05, 0) is 32.4 Å². The molecule has 0 fully saturated rings. The van der Waals surface area contributed by atoms with Crippen molar-refractivity contribution in [2.24, 2.45) is 0 Å². The number of benzene rings is 1. The molecule has 0 radical (unpaired) electrons. The fraction of sp³-hybridized carbons (Fsp3) is 0.308. The number of rotatable bonds is 3. The minimum absolute atomic E-state index is 0. The molecular formula is C13H18ClN. The second-order valence-corrected chi connectivity index (χ2v) is 3.76. The third-order valence-electron chi connectivity index (χ3n) is 1.84. The van der Waals surface area contributed by atoms with Crippen molar-refractivity contribution >= 4 is 12.3 Å². The summed E-state index contributed by atoms with van der Waals surface area (Å²) >= 11 is 0. The highest BCUT2D eigenvalue weighted by Gasteiger charge is 1.93. The maximum atomic E-state index is 3.27. The van der Waals surface area contributed by atoms with Gasteiger partial charge in [0.05, 0.1) is 0 Å². The monoisotopic (exact) mass is 223 g/mol. The number of halogens is 1. The highest BCUT2D eigenvalue weighted by molar-refractivity contribution is 5.80. The Morgan fingerprint density at radius 2 is 1.80 bits per heavy atom. The van der Waals surface area contributed by atoms with Crippen molar-refractivity contribution in [1.29, 1.82) is 0 Å². The van der Waals surface area contributed by atoms with Crippen molar-refractivity contribution in [2.45, 2.75) is 26.8 Å². The Morgan fingerprint density at radius 3 is 2.33 bits per heavy atom. The van der Waals surface area contributed by atoms with Crippen LogP contribution in [0, 0.1) is 0 Å². The van der Waals surface area contributed by atoms with Gasteiger partial charge in [0.25, 0.3) is 0 Å². The van der Waals surface area contributed by atoms with Crippen molar-refractivity contribution in [3.05, 3.63) is 41.5 Å². The Hall–Kier alpha value is -1.08. The summed E-state index contributed by atoms with van der Waals surface area (Å²) in [6.07, 6.45) is 4.22. The van der Waals surface area contributed by atoms with E-state index in [0.29, 0.717) is 6.04 Å². The summed E-state index contributed by atoms with van der Waals surface area (Å²) in [5.41, 5.74) is 2.48. The standard InChI is InChI=1S/C13H17N.ClH/c1-11(2)14-10-12(3)9-13-7-5-4-6-8-13;/h4-11H,1-3H3;1H/b12-9+,14-10?;. The van der Waals surface area contributed by atoms with Crippen molar-refractivity contribution in [1.82, 2.24) is 0 Å². The van der Waals surface area contributed by atoms with E-state index in [9.17, 15) is 0 Å². The summed E-state index contributed by atoms with van der Waals surface area (Å²) in [6.45, 7) is 6.36. The molecule has 1 rings (SSSR count). The molecule has 1 aromatic rings. The van der Waals surface area contributed by atoms with E-state index in [2.05, 4.69) is 62.3 Å². The highest BCUT2D eigenvalue weighted by Crippen LogP contribution is 2.03. The van der Waals surface area contributed by atoms with Gasteiger partial charge >= 0.3 is 0 Å². The molecular weight excluding hydrogens is 206 g/mol. The first-order valence-electron chi connectivity index (χ1n) is 5.01. The number of hydrogen-bond donors (Lipinski definition) is 1. The van der Waals surface area contributed by atoms with Crippen LogP contribution in [0.3, 0.4) is 0 Å². The molecule has 15 heavy (non-hydrogen) atoms.